The second-order valence-corrected chi connectivity index (χ2v) is 9.02. The molecule has 1 aromatic heterocycles. The van der Waals surface area contributed by atoms with Crippen LogP contribution in [0.25, 0.3) is 0 Å². The number of nitrogens with zero attached hydrogens (tertiary/aromatic N) is 2. The van der Waals surface area contributed by atoms with Crippen molar-refractivity contribution in [2.75, 3.05) is 6.61 Å². The zero-order valence-corrected chi connectivity index (χ0v) is 17.8. The van der Waals surface area contributed by atoms with Crippen LogP contribution in [0.5, 0.6) is 5.75 Å². The molecular weight excluding hydrogens is 424 g/mol. The standard InChI is InChI=1S/C22H23F2N3O5/c1-22(2,3)15-10-32-16-9-26-8-13(18(28)19(29)17(26)21(31)27(15)16)20(30)25-7-11-4-5-12(23)6-14(11)24/h4-6,8,15-16,29H,7,9-10H2,1-3H3,(H,25,30)/t15-,16-/m1/s1. The van der Waals surface area contributed by atoms with Gasteiger partial charge in [-0.25, -0.2) is 8.78 Å². The Morgan fingerprint density at radius 2 is 2.00 bits per heavy atom. The van der Waals surface area contributed by atoms with E-state index in [1.54, 1.807) is 0 Å². The first-order valence-electron chi connectivity index (χ1n) is 10.1. The number of rotatable bonds is 3. The molecule has 1 fully saturated rings. The van der Waals surface area contributed by atoms with Crippen molar-refractivity contribution in [1.82, 2.24) is 14.8 Å². The first-order chi connectivity index (χ1) is 15.0. The predicted molar refractivity (Wildman–Crippen MR) is 109 cm³/mol. The Kier molecular flexibility index (Phi) is 5.28. The molecule has 3 heterocycles. The van der Waals surface area contributed by atoms with Crippen LogP contribution in [0.2, 0.25) is 0 Å². The molecule has 0 aliphatic carbocycles. The summed E-state index contributed by atoms with van der Waals surface area (Å²) in [5.74, 6) is -3.83. The molecule has 10 heteroatoms. The summed E-state index contributed by atoms with van der Waals surface area (Å²) >= 11 is 0. The maximum absolute atomic E-state index is 13.8. The zero-order valence-electron chi connectivity index (χ0n) is 17.8. The average molecular weight is 447 g/mol. The molecule has 32 heavy (non-hydrogen) atoms. The number of ether oxygens (including phenoxy) is 1. The van der Waals surface area contributed by atoms with E-state index in [0.717, 1.165) is 6.07 Å². The van der Waals surface area contributed by atoms with E-state index in [-0.39, 0.29) is 35.8 Å². The molecule has 2 amide bonds. The first kappa shape index (κ1) is 21.9. The van der Waals surface area contributed by atoms with Crippen molar-refractivity contribution in [2.24, 2.45) is 5.41 Å². The molecule has 0 saturated carbocycles. The van der Waals surface area contributed by atoms with Gasteiger partial charge in [-0.15, -0.1) is 0 Å². The van der Waals surface area contributed by atoms with Crippen molar-refractivity contribution >= 4 is 11.8 Å². The molecule has 2 aromatic rings. The lowest BCUT2D eigenvalue weighted by Crippen LogP contribution is -2.53. The Morgan fingerprint density at radius 3 is 2.66 bits per heavy atom. The average Bonchev–Trinajstić information content (AvgIpc) is 3.14. The normalized spacial score (nSPS) is 20.2. The molecule has 4 rings (SSSR count). The molecule has 170 valence electrons. The third kappa shape index (κ3) is 3.64. The van der Waals surface area contributed by atoms with E-state index < -0.39 is 46.4 Å². The van der Waals surface area contributed by atoms with Crippen molar-refractivity contribution in [2.45, 2.75) is 46.1 Å². The van der Waals surface area contributed by atoms with Crippen molar-refractivity contribution in [1.29, 1.82) is 0 Å². The van der Waals surface area contributed by atoms with Crippen LogP contribution in [-0.4, -0.2) is 45.3 Å². The van der Waals surface area contributed by atoms with Gasteiger partial charge in [0, 0.05) is 24.4 Å². The molecule has 2 aliphatic heterocycles. The Labute approximate surface area is 182 Å². The maximum atomic E-state index is 13.8. The van der Waals surface area contributed by atoms with Crippen LogP contribution in [-0.2, 0) is 17.8 Å². The molecule has 0 bridgehead atoms. The van der Waals surface area contributed by atoms with Crippen LogP contribution < -0.4 is 10.7 Å². The summed E-state index contributed by atoms with van der Waals surface area (Å²) in [7, 11) is 0. The molecule has 1 saturated heterocycles. The minimum absolute atomic E-state index is 0.0282. The van der Waals surface area contributed by atoms with Crippen molar-refractivity contribution < 1.29 is 28.2 Å². The van der Waals surface area contributed by atoms with Crippen LogP contribution in [0.3, 0.4) is 0 Å². The van der Waals surface area contributed by atoms with Crippen LogP contribution in [0.1, 0.15) is 47.2 Å². The number of hydrogen-bond donors (Lipinski definition) is 2. The number of amides is 2. The van der Waals surface area contributed by atoms with E-state index in [1.807, 2.05) is 20.8 Å². The van der Waals surface area contributed by atoms with Crippen LogP contribution in [0.4, 0.5) is 8.78 Å². The van der Waals surface area contributed by atoms with Gasteiger partial charge in [0.2, 0.25) is 5.43 Å². The maximum Gasteiger partial charge on any atom is 0.276 e. The lowest BCUT2D eigenvalue weighted by Gasteiger charge is -2.39. The molecule has 2 N–H and O–H groups in total. The highest BCUT2D eigenvalue weighted by Crippen LogP contribution is 2.36. The zero-order chi connectivity index (χ0) is 23.4. The minimum atomic E-state index is -1.01. The third-order valence-corrected chi connectivity index (χ3v) is 5.84. The number of nitrogens with one attached hydrogen (secondary N) is 1. The third-order valence-electron chi connectivity index (χ3n) is 5.84. The minimum Gasteiger partial charge on any atom is -0.503 e. The molecule has 2 atom stereocenters. The number of aromatic nitrogens is 1. The predicted octanol–water partition coefficient (Wildman–Crippen LogP) is 1.99. The lowest BCUT2D eigenvalue weighted by molar-refractivity contribution is 0.00148. The quantitative estimate of drug-likeness (QED) is 0.750. The molecular formula is C22H23F2N3O5. The smallest absolute Gasteiger partial charge is 0.276 e. The molecule has 0 radical (unpaired) electrons. The van der Waals surface area contributed by atoms with Gasteiger partial charge in [0.1, 0.15) is 17.2 Å². The molecule has 2 aliphatic rings. The van der Waals surface area contributed by atoms with Gasteiger partial charge in [-0.2, -0.15) is 0 Å². The van der Waals surface area contributed by atoms with Crippen molar-refractivity contribution in [3.8, 4) is 5.75 Å². The van der Waals surface area contributed by atoms with Crippen LogP contribution in [0.15, 0.2) is 29.2 Å². The Bertz CT molecular complexity index is 1170. The number of benzene rings is 1. The van der Waals surface area contributed by atoms with Gasteiger partial charge in [0.15, 0.2) is 17.7 Å². The summed E-state index contributed by atoms with van der Waals surface area (Å²) in [6, 6.07) is 2.68. The highest BCUT2D eigenvalue weighted by atomic mass is 19.1. The summed E-state index contributed by atoms with van der Waals surface area (Å²) in [5, 5.41) is 12.9. The first-order valence-corrected chi connectivity index (χ1v) is 10.1. The van der Waals surface area contributed by atoms with Gasteiger partial charge < -0.3 is 24.6 Å². The Balaban J connectivity index is 1.63. The number of hydrogen-bond acceptors (Lipinski definition) is 5. The summed E-state index contributed by atoms with van der Waals surface area (Å²) in [4.78, 5) is 39.9. The fraction of sp³-hybridized carbons (Fsp3) is 0.409. The second-order valence-electron chi connectivity index (χ2n) is 9.02. The Morgan fingerprint density at radius 1 is 1.28 bits per heavy atom. The second kappa shape index (κ2) is 7.70. The summed E-state index contributed by atoms with van der Waals surface area (Å²) < 4.78 is 33.9. The number of fused-ring (bicyclic) bond motifs is 2. The van der Waals surface area contributed by atoms with Gasteiger partial charge in [0.05, 0.1) is 19.2 Å². The van der Waals surface area contributed by atoms with E-state index in [9.17, 15) is 28.3 Å². The summed E-state index contributed by atoms with van der Waals surface area (Å²) in [5.41, 5.74) is -1.86. The lowest BCUT2D eigenvalue weighted by atomic mass is 9.86. The monoisotopic (exact) mass is 447 g/mol. The van der Waals surface area contributed by atoms with Crippen LogP contribution >= 0.6 is 0 Å². The van der Waals surface area contributed by atoms with E-state index in [2.05, 4.69) is 5.32 Å². The number of pyridine rings is 1. The molecule has 0 spiro atoms. The van der Waals surface area contributed by atoms with Crippen LogP contribution in [0, 0.1) is 17.0 Å². The van der Waals surface area contributed by atoms with Gasteiger partial charge in [-0.3, -0.25) is 14.4 Å². The van der Waals surface area contributed by atoms with E-state index in [4.69, 9.17) is 4.74 Å². The highest BCUT2D eigenvalue weighted by Gasteiger charge is 2.48. The van der Waals surface area contributed by atoms with Crippen molar-refractivity contribution in [3.63, 3.8) is 0 Å². The summed E-state index contributed by atoms with van der Waals surface area (Å²) in [6.07, 6.45) is 0.599. The topological polar surface area (TPSA) is 101 Å². The molecule has 1 aromatic carbocycles. The van der Waals surface area contributed by atoms with E-state index >= 15 is 0 Å². The highest BCUT2D eigenvalue weighted by molar-refractivity contribution is 5.99. The van der Waals surface area contributed by atoms with Crippen molar-refractivity contribution in [3.05, 3.63) is 63.1 Å². The van der Waals surface area contributed by atoms with Gasteiger partial charge in [-0.05, 0) is 11.5 Å². The number of carbonyl (C=O) groups excluding carboxylic acids is 2. The molecule has 8 nitrogen and oxygen atoms in total. The Hall–Kier alpha value is -3.27. The number of aromatic hydroxyl groups is 1. The fourth-order valence-electron chi connectivity index (χ4n) is 4.05. The summed E-state index contributed by atoms with van der Waals surface area (Å²) in [6.45, 7) is 6.06. The number of carbonyl (C=O) groups is 2. The van der Waals surface area contributed by atoms with Gasteiger partial charge >= 0.3 is 0 Å². The van der Waals surface area contributed by atoms with E-state index in [0.29, 0.717) is 12.7 Å². The SMILES string of the molecule is CC(C)(C)[C@H]1CO[C@@H]2Cn3cc(C(=O)NCc4ccc(F)cc4F)c(=O)c(O)c3C(=O)N21. The van der Waals surface area contributed by atoms with Gasteiger partial charge in [0.25, 0.3) is 11.8 Å². The van der Waals surface area contributed by atoms with E-state index in [1.165, 1.54) is 21.7 Å². The fourth-order valence-corrected chi connectivity index (χ4v) is 4.05. The number of halogens is 2. The molecule has 0 unspecified atom stereocenters. The largest absolute Gasteiger partial charge is 0.503 e. The van der Waals surface area contributed by atoms with Gasteiger partial charge in [-0.1, -0.05) is 26.8 Å².